The molecule has 11 heteroatoms. The van der Waals surface area contributed by atoms with Crippen LogP contribution in [0.3, 0.4) is 0 Å². The van der Waals surface area contributed by atoms with Crippen molar-refractivity contribution in [2.75, 3.05) is 12.1 Å². The molecule has 0 fully saturated rings. The fraction of sp³-hybridized carbons (Fsp3) is 0.0952. The van der Waals surface area contributed by atoms with Crippen molar-refractivity contribution < 1.29 is 31.8 Å². The van der Waals surface area contributed by atoms with E-state index in [1.54, 1.807) is 18.2 Å². The average Bonchev–Trinajstić information content (AvgIpc) is 3.22. The second-order valence-corrected chi connectivity index (χ2v) is 8.31. The zero-order valence-electron chi connectivity index (χ0n) is 16.6. The first-order chi connectivity index (χ1) is 15.2. The molecule has 1 heterocycles. The molecule has 10 nitrogen and oxygen atoms in total. The van der Waals surface area contributed by atoms with Crippen molar-refractivity contribution in [3.05, 3.63) is 81.9 Å². The number of nitro benzene ring substituents is 1. The van der Waals surface area contributed by atoms with Gasteiger partial charge in [-0.05, 0) is 48.9 Å². The topological polar surface area (TPSA) is 134 Å². The van der Waals surface area contributed by atoms with E-state index in [9.17, 15) is 23.3 Å². The number of rotatable bonds is 6. The van der Waals surface area contributed by atoms with E-state index in [0.29, 0.717) is 22.7 Å². The standard InChI is InChI=1S/C21H16N2O8S/c1-13-2-6-16(23(25)26)11-20(13)32(27,28)31-17-7-3-14(4-8-17)21(24)22-15-5-9-18-19(10-15)30-12-29-18/h2-11H,12H2,1H3,(H,22,24). The minimum atomic E-state index is -4.32. The largest absolute Gasteiger partial charge is 0.454 e. The van der Waals surface area contributed by atoms with Gasteiger partial charge in [0.15, 0.2) is 11.5 Å². The van der Waals surface area contributed by atoms with E-state index in [-0.39, 0.29) is 28.7 Å². The lowest BCUT2D eigenvalue weighted by Gasteiger charge is -2.10. The number of amides is 1. The minimum Gasteiger partial charge on any atom is -0.454 e. The van der Waals surface area contributed by atoms with Crippen LogP contribution in [-0.4, -0.2) is 26.0 Å². The van der Waals surface area contributed by atoms with E-state index in [1.807, 2.05) is 0 Å². The predicted molar refractivity (Wildman–Crippen MR) is 113 cm³/mol. The monoisotopic (exact) mass is 456 g/mol. The predicted octanol–water partition coefficient (Wildman–Crippen LogP) is 3.65. The Kier molecular flexibility index (Phi) is 5.41. The van der Waals surface area contributed by atoms with Crippen molar-refractivity contribution >= 4 is 27.4 Å². The highest BCUT2D eigenvalue weighted by Crippen LogP contribution is 2.34. The second-order valence-electron chi connectivity index (χ2n) is 6.79. The van der Waals surface area contributed by atoms with Crippen LogP contribution in [0.1, 0.15) is 15.9 Å². The summed E-state index contributed by atoms with van der Waals surface area (Å²) in [5, 5.41) is 13.7. The molecule has 1 aliphatic heterocycles. The molecule has 1 N–H and O–H groups in total. The summed E-state index contributed by atoms with van der Waals surface area (Å²) < 4.78 is 40.8. The molecule has 0 saturated heterocycles. The number of hydrogen-bond donors (Lipinski definition) is 1. The molecule has 0 spiro atoms. The molecular weight excluding hydrogens is 440 g/mol. The molecule has 0 saturated carbocycles. The highest BCUT2D eigenvalue weighted by Gasteiger charge is 2.23. The van der Waals surface area contributed by atoms with Gasteiger partial charge in [-0.25, -0.2) is 0 Å². The fourth-order valence-corrected chi connectivity index (χ4v) is 4.16. The Bertz CT molecular complexity index is 1320. The molecular formula is C21H16N2O8S. The quantitative estimate of drug-likeness (QED) is 0.337. The number of fused-ring (bicyclic) bond motifs is 1. The van der Waals surface area contributed by atoms with Crippen molar-refractivity contribution in [1.82, 2.24) is 0 Å². The highest BCUT2D eigenvalue weighted by molar-refractivity contribution is 7.87. The zero-order valence-corrected chi connectivity index (χ0v) is 17.4. The molecule has 164 valence electrons. The number of nitrogens with one attached hydrogen (secondary N) is 1. The lowest BCUT2D eigenvalue weighted by molar-refractivity contribution is -0.385. The molecule has 4 rings (SSSR count). The van der Waals surface area contributed by atoms with Crippen LogP contribution in [-0.2, 0) is 10.1 Å². The Hall–Kier alpha value is -4.12. The Morgan fingerprint density at radius 3 is 2.47 bits per heavy atom. The van der Waals surface area contributed by atoms with Crippen LogP contribution in [0.5, 0.6) is 17.2 Å². The van der Waals surface area contributed by atoms with E-state index >= 15 is 0 Å². The fourth-order valence-electron chi connectivity index (χ4n) is 2.98. The lowest BCUT2D eigenvalue weighted by Crippen LogP contribution is -2.13. The van der Waals surface area contributed by atoms with Crippen LogP contribution < -0.4 is 19.0 Å². The maximum atomic E-state index is 12.6. The minimum absolute atomic E-state index is 0.0458. The van der Waals surface area contributed by atoms with E-state index in [1.165, 1.54) is 43.3 Å². The van der Waals surface area contributed by atoms with Gasteiger partial charge in [0.05, 0.1) is 4.92 Å². The number of ether oxygens (including phenoxy) is 2. The smallest absolute Gasteiger partial charge is 0.339 e. The number of anilines is 1. The number of carbonyl (C=O) groups is 1. The van der Waals surface area contributed by atoms with Crippen LogP contribution in [0.2, 0.25) is 0 Å². The summed E-state index contributed by atoms with van der Waals surface area (Å²) in [6.45, 7) is 1.62. The Morgan fingerprint density at radius 2 is 1.75 bits per heavy atom. The maximum Gasteiger partial charge on any atom is 0.339 e. The van der Waals surface area contributed by atoms with E-state index < -0.39 is 20.9 Å². The number of nitro groups is 1. The van der Waals surface area contributed by atoms with Gasteiger partial charge in [0.25, 0.3) is 11.6 Å². The molecule has 3 aromatic carbocycles. The molecule has 0 radical (unpaired) electrons. The third kappa shape index (κ3) is 4.32. The molecule has 0 unspecified atom stereocenters. The Morgan fingerprint density at radius 1 is 1.03 bits per heavy atom. The van der Waals surface area contributed by atoms with Crippen molar-refractivity contribution in [3.63, 3.8) is 0 Å². The third-order valence-electron chi connectivity index (χ3n) is 4.60. The van der Waals surface area contributed by atoms with Crippen LogP contribution >= 0.6 is 0 Å². The van der Waals surface area contributed by atoms with Gasteiger partial charge in [-0.2, -0.15) is 8.42 Å². The van der Waals surface area contributed by atoms with E-state index in [4.69, 9.17) is 13.7 Å². The normalized spacial score (nSPS) is 12.3. The summed E-state index contributed by atoms with van der Waals surface area (Å²) in [5.41, 5.74) is 0.700. The van der Waals surface area contributed by atoms with Crippen molar-refractivity contribution in [1.29, 1.82) is 0 Å². The van der Waals surface area contributed by atoms with Gasteiger partial charge in [0, 0.05) is 29.4 Å². The first-order valence-corrected chi connectivity index (χ1v) is 10.6. The SMILES string of the molecule is Cc1ccc([N+](=O)[O-])cc1S(=O)(=O)Oc1ccc(C(=O)Nc2ccc3c(c2)OCO3)cc1. The number of aryl methyl sites for hydroxylation is 1. The number of carbonyl (C=O) groups excluding carboxylic acids is 1. The third-order valence-corrected chi connectivity index (χ3v) is 6.00. The maximum absolute atomic E-state index is 12.6. The number of non-ortho nitro benzene ring substituents is 1. The second kappa shape index (κ2) is 8.19. The van der Waals surface area contributed by atoms with Crippen molar-refractivity contribution in [3.8, 4) is 17.2 Å². The first kappa shape index (κ1) is 21.1. The molecule has 0 aliphatic carbocycles. The number of nitrogens with zero attached hydrogens (tertiary/aromatic N) is 1. The molecule has 0 aromatic heterocycles. The molecule has 3 aromatic rings. The van der Waals surface area contributed by atoms with E-state index in [2.05, 4.69) is 5.32 Å². The van der Waals surface area contributed by atoms with E-state index in [0.717, 1.165) is 6.07 Å². The van der Waals surface area contributed by atoms with Gasteiger partial charge < -0.3 is 19.0 Å². The summed E-state index contributed by atoms with van der Waals surface area (Å²) >= 11 is 0. The summed E-state index contributed by atoms with van der Waals surface area (Å²) in [7, 11) is -4.32. The summed E-state index contributed by atoms with van der Waals surface area (Å²) in [5.74, 6) is 0.640. The van der Waals surface area contributed by atoms with Gasteiger partial charge in [0.2, 0.25) is 6.79 Å². The molecule has 1 amide bonds. The first-order valence-electron chi connectivity index (χ1n) is 9.23. The zero-order chi connectivity index (χ0) is 22.9. The van der Waals surface area contributed by atoms with Crippen LogP contribution in [0.25, 0.3) is 0 Å². The van der Waals surface area contributed by atoms with Crippen LogP contribution in [0, 0.1) is 17.0 Å². The average molecular weight is 456 g/mol. The van der Waals surface area contributed by atoms with Gasteiger partial charge in [-0.1, -0.05) is 6.07 Å². The van der Waals surface area contributed by atoms with Gasteiger partial charge in [-0.15, -0.1) is 0 Å². The Labute approximate surface area is 182 Å². The number of hydrogen-bond acceptors (Lipinski definition) is 8. The lowest BCUT2D eigenvalue weighted by atomic mass is 10.2. The van der Waals surface area contributed by atoms with Crippen LogP contribution in [0.15, 0.2) is 65.6 Å². The van der Waals surface area contributed by atoms with Gasteiger partial charge >= 0.3 is 10.1 Å². The Balaban J connectivity index is 1.48. The molecule has 32 heavy (non-hydrogen) atoms. The van der Waals surface area contributed by atoms with Crippen molar-refractivity contribution in [2.45, 2.75) is 11.8 Å². The van der Waals surface area contributed by atoms with Gasteiger partial charge in [0.1, 0.15) is 10.6 Å². The summed E-state index contributed by atoms with van der Waals surface area (Å²) in [6, 6.07) is 13.9. The molecule has 0 atom stereocenters. The highest BCUT2D eigenvalue weighted by atomic mass is 32.2. The number of benzene rings is 3. The van der Waals surface area contributed by atoms with Gasteiger partial charge in [-0.3, -0.25) is 14.9 Å². The van der Waals surface area contributed by atoms with Crippen LogP contribution in [0.4, 0.5) is 11.4 Å². The van der Waals surface area contributed by atoms with Crippen molar-refractivity contribution in [2.24, 2.45) is 0 Å². The molecule has 0 bridgehead atoms. The summed E-state index contributed by atoms with van der Waals surface area (Å²) in [6.07, 6.45) is 0. The summed E-state index contributed by atoms with van der Waals surface area (Å²) in [4.78, 5) is 22.4. The molecule has 1 aliphatic rings.